The quantitative estimate of drug-likeness (QED) is 0.772. The molecule has 0 amide bonds. The van der Waals surface area contributed by atoms with Crippen molar-refractivity contribution in [1.29, 1.82) is 0 Å². The first kappa shape index (κ1) is 14.9. The first-order chi connectivity index (χ1) is 9.40. The Balaban J connectivity index is 2.12. The Labute approximate surface area is 125 Å². The topological polar surface area (TPSA) is 103 Å². The zero-order valence-corrected chi connectivity index (χ0v) is 13.1. The van der Waals surface area contributed by atoms with Crippen molar-refractivity contribution in [3.63, 3.8) is 0 Å². The lowest BCUT2D eigenvalue weighted by atomic mass is 10.2. The van der Waals surface area contributed by atoms with Crippen LogP contribution >= 0.6 is 15.9 Å². The molecule has 0 bridgehead atoms. The normalized spacial score (nSPS) is 11.7. The van der Waals surface area contributed by atoms with Crippen LogP contribution in [0.4, 0.5) is 5.69 Å². The number of hydrogen-bond donors (Lipinski definition) is 2. The molecule has 0 saturated carbocycles. The third-order valence-corrected chi connectivity index (χ3v) is 4.98. The van der Waals surface area contributed by atoms with Gasteiger partial charge in [-0.3, -0.25) is 4.68 Å². The first-order valence-electron chi connectivity index (χ1n) is 5.79. The molecule has 0 saturated heterocycles. The summed E-state index contributed by atoms with van der Waals surface area (Å²) < 4.78 is 29.2. The fourth-order valence-electron chi connectivity index (χ4n) is 1.68. The lowest BCUT2D eigenvalue weighted by Crippen LogP contribution is -2.28. The second kappa shape index (κ2) is 5.90. The second-order valence-corrected chi connectivity index (χ2v) is 6.79. The van der Waals surface area contributed by atoms with Crippen LogP contribution < -0.4 is 10.5 Å². The zero-order chi connectivity index (χ0) is 14.8. The molecule has 0 unspecified atom stereocenters. The molecule has 0 atom stereocenters. The monoisotopic (exact) mass is 359 g/mol. The second-order valence-electron chi connectivity index (χ2n) is 4.20. The number of benzene rings is 1. The van der Waals surface area contributed by atoms with Gasteiger partial charge in [-0.1, -0.05) is 5.21 Å². The number of aromatic nitrogens is 3. The number of nitrogen functional groups attached to an aromatic ring is 1. The maximum atomic E-state index is 12.2. The zero-order valence-electron chi connectivity index (χ0n) is 10.7. The van der Waals surface area contributed by atoms with E-state index in [1.54, 1.807) is 23.9 Å². The first-order valence-corrected chi connectivity index (χ1v) is 8.07. The molecule has 1 heterocycles. The minimum atomic E-state index is -3.60. The number of hydrogen-bond acceptors (Lipinski definition) is 5. The van der Waals surface area contributed by atoms with Crippen LogP contribution in [-0.2, 0) is 16.6 Å². The van der Waals surface area contributed by atoms with Gasteiger partial charge in [-0.15, -0.1) is 5.10 Å². The fraction of sp³-hybridized carbons (Fsp3) is 0.273. The smallest absolute Gasteiger partial charge is 0.240 e. The van der Waals surface area contributed by atoms with Crippen LogP contribution in [0.15, 0.2) is 33.9 Å². The van der Waals surface area contributed by atoms with E-state index in [0.29, 0.717) is 22.3 Å². The van der Waals surface area contributed by atoms with Crippen LogP contribution in [0.25, 0.3) is 0 Å². The molecule has 0 aliphatic rings. The number of nitrogens with zero attached hydrogens (tertiary/aromatic N) is 3. The Kier molecular flexibility index (Phi) is 4.41. The fourth-order valence-corrected chi connectivity index (χ4v) is 3.42. The summed E-state index contributed by atoms with van der Waals surface area (Å²) in [5, 5.41) is 7.40. The Hall–Kier alpha value is -1.45. The van der Waals surface area contributed by atoms with E-state index >= 15 is 0 Å². The molecule has 2 rings (SSSR count). The van der Waals surface area contributed by atoms with E-state index < -0.39 is 10.0 Å². The van der Waals surface area contributed by atoms with Gasteiger partial charge >= 0.3 is 0 Å². The van der Waals surface area contributed by atoms with E-state index in [4.69, 9.17) is 5.73 Å². The number of halogens is 1. The Morgan fingerprint density at radius 3 is 2.85 bits per heavy atom. The number of nitrogens with two attached hydrogens (primary N) is 1. The van der Waals surface area contributed by atoms with E-state index in [9.17, 15) is 8.42 Å². The molecule has 0 aliphatic heterocycles. The van der Waals surface area contributed by atoms with Crippen molar-refractivity contribution in [3.05, 3.63) is 34.6 Å². The predicted octanol–water partition coefficient (Wildman–Crippen LogP) is 0.910. The number of rotatable bonds is 5. The van der Waals surface area contributed by atoms with Crippen LogP contribution in [0, 0.1) is 6.92 Å². The minimum Gasteiger partial charge on any atom is -0.398 e. The number of nitrogens with one attached hydrogen (secondary N) is 1. The molecule has 0 aliphatic carbocycles. The highest BCUT2D eigenvalue weighted by atomic mass is 79.9. The maximum Gasteiger partial charge on any atom is 0.240 e. The summed E-state index contributed by atoms with van der Waals surface area (Å²) >= 11 is 3.27. The molecular formula is C11H14BrN5O2S. The summed E-state index contributed by atoms with van der Waals surface area (Å²) in [5.41, 5.74) is 6.74. The predicted molar refractivity (Wildman–Crippen MR) is 78.5 cm³/mol. The van der Waals surface area contributed by atoms with Crippen LogP contribution in [0.2, 0.25) is 0 Å². The summed E-state index contributed by atoms with van der Waals surface area (Å²) in [4.78, 5) is 0.178. The molecule has 2 aromatic rings. The van der Waals surface area contributed by atoms with Gasteiger partial charge in [-0.25, -0.2) is 13.1 Å². The van der Waals surface area contributed by atoms with E-state index in [1.165, 1.54) is 12.3 Å². The minimum absolute atomic E-state index is 0.178. The van der Waals surface area contributed by atoms with Crippen LogP contribution in [0.1, 0.15) is 5.56 Å². The number of anilines is 1. The maximum absolute atomic E-state index is 12.2. The average molecular weight is 360 g/mol. The Morgan fingerprint density at radius 2 is 2.20 bits per heavy atom. The van der Waals surface area contributed by atoms with Crippen molar-refractivity contribution in [3.8, 4) is 0 Å². The van der Waals surface area contributed by atoms with E-state index in [-0.39, 0.29) is 11.4 Å². The van der Waals surface area contributed by atoms with Crippen molar-refractivity contribution in [2.75, 3.05) is 12.3 Å². The van der Waals surface area contributed by atoms with Crippen molar-refractivity contribution >= 4 is 31.6 Å². The van der Waals surface area contributed by atoms with Crippen molar-refractivity contribution < 1.29 is 8.42 Å². The average Bonchev–Trinajstić information content (AvgIpc) is 2.86. The molecule has 1 aromatic carbocycles. The van der Waals surface area contributed by atoms with Gasteiger partial charge in [0, 0.05) is 22.9 Å². The van der Waals surface area contributed by atoms with Gasteiger partial charge in [0.25, 0.3) is 0 Å². The molecule has 9 heteroatoms. The highest BCUT2D eigenvalue weighted by Gasteiger charge is 2.17. The molecule has 1 aromatic heterocycles. The molecule has 3 N–H and O–H groups in total. The highest BCUT2D eigenvalue weighted by molar-refractivity contribution is 9.10. The van der Waals surface area contributed by atoms with Crippen LogP contribution in [-0.4, -0.2) is 30.0 Å². The summed E-state index contributed by atoms with van der Waals surface area (Å²) in [5.74, 6) is 0. The summed E-state index contributed by atoms with van der Waals surface area (Å²) in [7, 11) is -3.60. The third kappa shape index (κ3) is 3.35. The van der Waals surface area contributed by atoms with Gasteiger partial charge in [0.15, 0.2) is 0 Å². The van der Waals surface area contributed by atoms with Gasteiger partial charge in [0.1, 0.15) is 0 Å². The molecular weight excluding hydrogens is 346 g/mol. The molecule has 0 radical (unpaired) electrons. The van der Waals surface area contributed by atoms with Gasteiger partial charge in [-0.2, -0.15) is 0 Å². The number of sulfonamides is 1. The van der Waals surface area contributed by atoms with Crippen molar-refractivity contribution in [2.45, 2.75) is 18.4 Å². The standard InChI is InChI=1S/C11H14BrN5O2S/c1-8-6-9(12)10(13)7-11(8)20(18,19)15-3-5-17-4-2-14-16-17/h2,4,6-7,15H,3,5,13H2,1H3. The van der Waals surface area contributed by atoms with E-state index in [2.05, 4.69) is 31.0 Å². The lowest BCUT2D eigenvalue weighted by Gasteiger charge is -2.11. The number of aryl methyl sites for hydroxylation is 1. The largest absolute Gasteiger partial charge is 0.398 e. The summed E-state index contributed by atoms with van der Waals surface area (Å²) in [6.07, 6.45) is 3.20. The van der Waals surface area contributed by atoms with Crippen molar-refractivity contribution in [2.24, 2.45) is 0 Å². The van der Waals surface area contributed by atoms with Crippen LogP contribution in [0.5, 0.6) is 0 Å². The van der Waals surface area contributed by atoms with Crippen molar-refractivity contribution in [1.82, 2.24) is 19.7 Å². The summed E-state index contributed by atoms with van der Waals surface area (Å²) in [6.45, 7) is 2.35. The molecule has 0 fully saturated rings. The molecule has 20 heavy (non-hydrogen) atoms. The summed E-state index contributed by atoms with van der Waals surface area (Å²) in [6, 6.07) is 3.12. The Morgan fingerprint density at radius 1 is 1.45 bits per heavy atom. The lowest BCUT2D eigenvalue weighted by molar-refractivity contribution is 0.552. The van der Waals surface area contributed by atoms with Gasteiger partial charge in [0.2, 0.25) is 10.0 Å². The van der Waals surface area contributed by atoms with E-state index in [1.807, 2.05) is 0 Å². The molecule has 7 nitrogen and oxygen atoms in total. The third-order valence-electron chi connectivity index (χ3n) is 2.69. The SMILES string of the molecule is Cc1cc(Br)c(N)cc1S(=O)(=O)NCCn1ccnn1. The van der Waals surface area contributed by atoms with Crippen LogP contribution in [0.3, 0.4) is 0 Å². The van der Waals surface area contributed by atoms with E-state index in [0.717, 1.165) is 0 Å². The highest BCUT2D eigenvalue weighted by Crippen LogP contribution is 2.26. The molecule has 0 spiro atoms. The van der Waals surface area contributed by atoms with Gasteiger partial charge in [0.05, 0.1) is 17.6 Å². The Bertz CT molecular complexity index is 700. The molecule has 108 valence electrons. The van der Waals surface area contributed by atoms with Gasteiger partial charge < -0.3 is 5.73 Å². The van der Waals surface area contributed by atoms with Gasteiger partial charge in [-0.05, 0) is 40.5 Å².